The van der Waals surface area contributed by atoms with E-state index in [1.165, 1.54) is 0 Å². The summed E-state index contributed by atoms with van der Waals surface area (Å²) < 4.78 is 5.71. The summed E-state index contributed by atoms with van der Waals surface area (Å²) >= 11 is 0. The number of fused-ring (bicyclic) bond motifs is 2. The number of morpholine rings is 1. The van der Waals surface area contributed by atoms with Gasteiger partial charge in [-0.05, 0) is 12.3 Å². The van der Waals surface area contributed by atoms with Gasteiger partial charge < -0.3 is 15.4 Å². The molecule has 2 aliphatic rings. The van der Waals surface area contributed by atoms with E-state index in [1.807, 2.05) is 0 Å². The van der Waals surface area contributed by atoms with Gasteiger partial charge in [-0.2, -0.15) is 0 Å². The van der Waals surface area contributed by atoms with Crippen LogP contribution in [0.5, 0.6) is 0 Å². The van der Waals surface area contributed by atoms with Crippen molar-refractivity contribution in [2.24, 2.45) is 11.8 Å². The molecule has 0 saturated carbocycles. The molecule has 0 unspecified atom stereocenters. The Hall–Kier alpha value is -0.610. The van der Waals surface area contributed by atoms with Crippen LogP contribution < -0.4 is 10.6 Å². The summed E-state index contributed by atoms with van der Waals surface area (Å²) in [4.78, 5) is 11.9. The van der Waals surface area contributed by atoms with Gasteiger partial charge in [-0.25, -0.2) is 0 Å². The van der Waals surface area contributed by atoms with E-state index in [2.05, 4.69) is 24.5 Å². The maximum absolute atomic E-state index is 11.9. The number of amides is 1. The molecule has 0 aromatic carbocycles. The van der Waals surface area contributed by atoms with Crippen molar-refractivity contribution in [1.82, 2.24) is 10.6 Å². The van der Waals surface area contributed by atoms with E-state index in [-0.39, 0.29) is 24.0 Å². The van der Waals surface area contributed by atoms with Gasteiger partial charge in [0.1, 0.15) is 0 Å². The number of hydrogen-bond donors (Lipinski definition) is 2. The molecule has 2 bridgehead atoms. The Morgan fingerprint density at radius 1 is 1.53 bits per heavy atom. The fourth-order valence-corrected chi connectivity index (χ4v) is 2.25. The summed E-state index contributed by atoms with van der Waals surface area (Å²) in [6.45, 7) is 6.68. The molecule has 0 radical (unpaired) electrons. The summed E-state index contributed by atoms with van der Waals surface area (Å²) in [5.74, 6) is 0.734. The van der Waals surface area contributed by atoms with Crippen LogP contribution >= 0.6 is 0 Å². The quantitative estimate of drug-likeness (QED) is 0.699. The van der Waals surface area contributed by atoms with Crippen molar-refractivity contribution in [2.75, 3.05) is 19.6 Å². The lowest BCUT2D eigenvalue weighted by Crippen LogP contribution is -2.43. The normalized spacial score (nSPS) is 34.5. The summed E-state index contributed by atoms with van der Waals surface area (Å²) in [6, 6.07) is 0. The predicted octanol–water partition coefficient (Wildman–Crippen LogP) is 0.136. The first kappa shape index (κ1) is 10.9. The van der Waals surface area contributed by atoms with E-state index in [1.54, 1.807) is 0 Å². The number of hydrogen-bond acceptors (Lipinski definition) is 3. The van der Waals surface area contributed by atoms with E-state index < -0.39 is 0 Å². The molecule has 0 aromatic rings. The Bertz CT molecular complexity index is 243. The highest BCUT2D eigenvalue weighted by atomic mass is 16.5. The van der Waals surface area contributed by atoms with Gasteiger partial charge in [0.2, 0.25) is 5.91 Å². The molecule has 4 nitrogen and oxygen atoms in total. The predicted molar refractivity (Wildman–Crippen MR) is 57.5 cm³/mol. The SMILES string of the molecule is CC(C)CNC(=O)[C@@H]1C[C@H]2CNC[C@@H]1O2. The zero-order chi connectivity index (χ0) is 10.8. The molecule has 0 aromatic heterocycles. The second kappa shape index (κ2) is 4.49. The minimum atomic E-state index is 0.0590. The third-order valence-corrected chi connectivity index (χ3v) is 3.07. The Labute approximate surface area is 90.8 Å². The average Bonchev–Trinajstić information content (AvgIpc) is 2.50. The van der Waals surface area contributed by atoms with Crippen molar-refractivity contribution in [3.63, 3.8) is 0 Å². The number of nitrogens with one attached hydrogen (secondary N) is 2. The van der Waals surface area contributed by atoms with Crippen LogP contribution in [0.4, 0.5) is 0 Å². The van der Waals surface area contributed by atoms with Crippen LogP contribution in [0.25, 0.3) is 0 Å². The maximum atomic E-state index is 11.9. The topological polar surface area (TPSA) is 50.4 Å². The van der Waals surface area contributed by atoms with Gasteiger partial charge in [-0.15, -0.1) is 0 Å². The number of rotatable bonds is 3. The van der Waals surface area contributed by atoms with Crippen LogP contribution in [-0.4, -0.2) is 37.7 Å². The maximum Gasteiger partial charge on any atom is 0.225 e. The molecular weight excluding hydrogens is 192 g/mol. The van der Waals surface area contributed by atoms with E-state index in [0.717, 1.165) is 26.1 Å². The zero-order valence-corrected chi connectivity index (χ0v) is 9.45. The molecule has 2 heterocycles. The molecular formula is C11H20N2O2. The smallest absolute Gasteiger partial charge is 0.225 e. The Balaban J connectivity index is 1.85. The van der Waals surface area contributed by atoms with Gasteiger partial charge >= 0.3 is 0 Å². The molecule has 2 aliphatic heterocycles. The lowest BCUT2D eigenvalue weighted by Gasteiger charge is -2.22. The van der Waals surface area contributed by atoms with Gasteiger partial charge in [0, 0.05) is 19.6 Å². The molecule has 86 valence electrons. The first-order chi connectivity index (χ1) is 7.16. The second-order valence-electron chi connectivity index (χ2n) is 4.94. The molecule has 4 heteroatoms. The summed E-state index contributed by atoms with van der Waals surface area (Å²) in [6.07, 6.45) is 1.22. The molecule has 0 spiro atoms. The third-order valence-electron chi connectivity index (χ3n) is 3.07. The fourth-order valence-electron chi connectivity index (χ4n) is 2.25. The molecule has 2 fully saturated rings. The van der Waals surface area contributed by atoms with Gasteiger partial charge in [-0.1, -0.05) is 13.8 Å². The third kappa shape index (κ3) is 2.49. The lowest BCUT2D eigenvalue weighted by molar-refractivity contribution is -0.127. The highest BCUT2D eigenvalue weighted by Gasteiger charge is 2.41. The lowest BCUT2D eigenvalue weighted by atomic mass is 9.99. The van der Waals surface area contributed by atoms with Crippen LogP contribution in [0.3, 0.4) is 0 Å². The molecule has 15 heavy (non-hydrogen) atoms. The second-order valence-corrected chi connectivity index (χ2v) is 4.94. The fraction of sp³-hybridized carbons (Fsp3) is 0.909. The number of carbonyl (C=O) groups is 1. The minimum absolute atomic E-state index is 0.0590. The van der Waals surface area contributed by atoms with Gasteiger partial charge in [0.25, 0.3) is 0 Å². The van der Waals surface area contributed by atoms with E-state index in [4.69, 9.17) is 4.74 Å². The van der Waals surface area contributed by atoms with Crippen molar-refractivity contribution in [2.45, 2.75) is 32.5 Å². The molecule has 2 saturated heterocycles. The van der Waals surface area contributed by atoms with Gasteiger partial charge in [0.15, 0.2) is 0 Å². The van der Waals surface area contributed by atoms with Crippen LogP contribution in [-0.2, 0) is 9.53 Å². The van der Waals surface area contributed by atoms with Crippen LogP contribution in [0.1, 0.15) is 20.3 Å². The van der Waals surface area contributed by atoms with Crippen molar-refractivity contribution < 1.29 is 9.53 Å². The number of ether oxygens (including phenoxy) is 1. The largest absolute Gasteiger partial charge is 0.371 e. The van der Waals surface area contributed by atoms with Crippen molar-refractivity contribution in [1.29, 1.82) is 0 Å². The first-order valence-corrected chi connectivity index (χ1v) is 5.80. The summed E-state index contributed by atoms with van der Waals surface area (Å²) in [5.41, 5.74) is 0. The Morgan fingerprint density at radius 2 is 2.33 bits per heavy atom. The highest BCUT2D eigenvalue weighted by Crippen LogP contribution is 2.28. The average molecular weight is 212 g/mol. The molecule has 1 amide bonds. The standard InChI is InChI=1S/C11H20N2O2/c1-7(2)4-13-11(14)9-3-8-5-12-6-10(9)15-8/h7-10,12H,3-6H2,1-2H3,(H,13,14)/t8-,9+,10-/m0/s1. The molecule has 3 atom stereocenters. The Kier molecular flexibility index (Phi) is 3.26. The zero-order valence-electron chi connectivity index (χ0n) is 9.45. The van der Waals surface area contributed by atoms with Crippen LogP contribution in [0, 0.1) is 11.8 Å². The first-order valence-electron chi connectivity index (χ1n) is 5.80. The van der Waals surface area contributed by atoms with E-state index in [0.29, 0.717) is 5.92 Å². The molecule has 2 N–H and O–H groups in total. The van der Waals surface area contributed by atoms with E-state index >= 15 is 0 Å². The Morgan fingerprint density at radius 3 is 3.00 bits per heavy atom. The van der Waals surface area contributed by atoms with Gasteiger partial charge in [-0.3, -0.25) is 4.79 Å². The van der Waals surface area contributed by atoms with E-state index in [9.17, 15) is 4.79 Å². The molecule has 0 aliphatic carbocycles. The van der Waals surface area contributed by atoms with Crippen LogP contribution in [0.2, 0.25) is 0 Å². The van der Waals surface area contributed by atoms with Crippen molar-refractivity contribution in [3.8, 4) is 0 Å². The summed E-state index contributed by atoms with van der Waals surface area (Å²) in [7, 11) is 0. The van der Waals surface area contributed by atoms with Crippen LogP contribution in [0.15, 0.2) is 0 Å². The van der Waals surface area contributed by atoms with Crippen molar-refractivity contribution in [3.05, 3.63) is 0 Å². The summed E-state index contributed by atoms with van der Waals surface area (Å²) in [5, 5.41) is 6.28. The van der Waals surface area contributed by atoms with Crippen molar-refractivity contribution >= 4 is 5.91 Å². The monoisotopic (exact) mass is 212 g/mol. The highest BCUT2D eigenvalue weighted by molar-refractivity contribution is 5.79. The van der Waals surface area contributed by atoms with Gasteiger partial charge in [0.05, 0.1) is 18.1 Å². The number of carbonyl (C=O) groups excluding carboxylic acids is 1. The minimum Gasteiger partial charge on any atom is -0.371 e. The molecule has 2 rings (SSSR count).